The van der Waals surface area contributed by atoms with Gasteiger partial charge >= 0.3 is 0 Å². The molecule has 2 aliphatic heterocycles. The van der Waals surface area contributed by atoms with Crippen molar-refractivity contribution in [2.75, 3.05) is 0 Å². The van der Waals surface area contributed by atoms with Crippen molar-refractivity contribution in [1.82, 2.24) is 0 Å². The summed E-state index contributed by atoms with van der Waals surface area (Å²) in [6.07, 6.45) is 1.75. The zero-order valence-electron chi connectivity index (χ0n) is 15.2. The van der Waals surface area contributed by atoms with Crippen LogP contribution in [0, 0.1) is 0 Å². The molecule has 0 fully saturated rings. The van der Waals surface area contributed by atoms with Crippen LogP contribution < -0.4 is 0 Å². The van der Waals surface area contributed by atoms with E-state index < -0.39 is 0 Å². The number of benzene rings is 2. The van der Waals surface area contributed by atoms with E-state index in [9.17, 15) is 9.59 Å². The number of aldehydes is 2. The summed E-state index contributed by atoms with van der Waals surface area (Å²) in [5, 5.41) is 0. The minimum Gasteiger partial charge on any atom is -0.298 e. The number of thioether (sulfide) groups is 4. The van der Waals surface area contributed by atoms with Gasteiger partial charge in [0.25, 0.3) is 0 Å². The Bertz CT molecular complexity index is 959. The number of hydrogen-bond donors (Lipinski definition) is 0. The van der Waals surface area contributed by atoms with Gasteiger partial charge in [-0.05, 0) is 25.0 Å². The summed E-state index contributed by atoms with van der Waals surface area (Å²) in [5.74, 6) is 0. The molecule has 0 aliphatic carbocycles. The van der Waals surface area contributed by atoms with Gasteiger partial charge in [0.15, 0.2) is 0 Å². The van der Waals surface area contributed by atoms with E-state index in [1.807, 2.05) is 95.6 Å². The van der Waals surface area contributed by atoms with Gasteiger partial charge in [-0.15, -0.1) is 0 Å². The average molecular weight is 441 g/mol. The van der Waals surface area contributed by atoms with Crippen LogP contribution in [0.15, 0.2) is 66.8 Å². The summed E-state index contributed by atoms with van der Waals surface area (Å²) in [6.45, 7) is 4.30. The van der Waals surface area contributed by atoms with Crippen molar-refractivity contribution in [1.29, 1.82) is 0 Å². The fraction of sp³-hybridized carbons (Fsp3) is 0.0909. The minimum atomic E-state index is 0.697. The number of hydrogen-bond acceptors (Lipinski definition) is 6. The van der Waals surface area contributed by atoms with Crippen LogP contribution in [0.25, 0.3) is 9.81 Å². The Morgan fingerprint density at radius 3 is 1.25 bits per heavy atom. The zero-order valence-corrected chi connectivity index (χ0v) is 18.5. The van der Waals surface area contributed by atoms with E-state index in [4.69, 9.17) is 0 Å². The van der Waals surface area contributed by atoms with Gasteiger partial charge in [0, 0.05) is 30.7 Å². The van der Waals surface area contributed by atoms with Gasteiger partial charge in [-0.3, -0.25) is 9.59 Å². The van der Waals surface area contributed by atoms with Gasteiger partial charge in [-0.1, -0.05) is 95.6 Å². The monoisotopic (exact) mass is 440 g/mol. The molecule has 0 saturated carbocycles. The standard InChI is InChI=1S/C22H16O2S4/c1-13-19(17-7-3-15(11-23)4-8-17)27-21(25-13)22-26-14(2)20(28-22)18-9-5-16(12-24)6-10-18/h3-12H,1-2H3/b22-21-. The molecule has 0 spiro atoms. The molecule has 0 unspecified atom stereocenters. The van der Waals surface area contributed by atoms with Crippen LogP contribution in [0.4, 0.5) is 0 Å². The first-order valence-electron chi connectivity index (χ1n) is 8.57. The SMILES string of the molecule is CC1=C(c2ccc(C=O)cc2)S/C(=C2/SC(C)=C(c3ccc(C=O)cc3)S2)S1. The number of allylic oxidation sites excluding steroid dienone is 2. The fourth-order valence-corrected chi connectivity index (χ4v) is 8.42. The summed E-state index contributed by atoms with van der Waals surface area (Å²) in [5.41, 5.74) is 3.70. The Morgan fingerprint density at radius 2 is 0.929 bits per heavy atom. The van der Waals surface area contributed by atoms with E-state index in [0.717, 1.165) is 23.7 Å². The van der Waals surface area contributed by atoms with Gasteiger partial charge in [0.2, 0.25) is 0 Å². The lowest BCUT2D eigenvalue weighted by atomic mass is 10.1. The first-order valence-corrected chi connectivity index (χ1v) is 11.8. The van der Waals surface area contributed by atoms with Crippen molar-refractivity contribution in [2.45, 2.75) is 13.8 Å². The lowest BCUT2D eigenvalue weighted by Gasteiger charge is -2.05. The zero-order chi connectivity index (χ0) is 19.7. The van der Waals surface area contributed by atoms with Crippen LogP contribution in [-0.4, -0.2) is 12.6 Å². The summed E-state index contributed by atoms with van der Waals surface area (Å²) in [7, 11) is 0. The predicted molar refractivity (Wildman–Crippen MR) is 126 cm³/mol. The van der Waals surface area contributed by atoms with Crippen molar-refractivity contribution in [3.8, 4) is 0 Å². The lowest BCUT2D eigenvalue weighted by molar-refractivity contribution is 0.111. The largest absolute Gasteiger partial charge is 0.298 e. The third-order valence-corrected chi connectivity index (χ3v) is 10.2. The Kier molecular flexibility index (Phi) is 5.92. The van der Waals surface area contributed by atoms with Crippen LogP contribution in [0.3, 0.4) is 0 Å². The van der Waals surface area contributed by atoms with Gasteiger partial charge < -0.3 is 0 Å². The maximum Gasteiger partial charge on any atom is 0.150 e. The van der Waals surface area contributed by atoms with Crippen LogP contribution in [-0.2, 0) is 0 Å². The summed E-state index contributed by atoms with van der Waals surface area (Å²) < 4.78 is 2.61. The molecular weight excluding hydrogens is 425 g/mol. The Balaban J connectivity index is 1.55. The summed E-state index contributed by atoms with van der Waals surface area (Å²) in [4.78, 5) is 26.9. The molecule has 2 heterocycles. The van der Waals surface area contributed by atoms with E-state index in [-0.39, 0.29) is 0 Å². The van der Waals surface area contributed by atoms with Gasteiger partial charge in [-0.2, -0.15) is 0 Å². The molecule has 2 aliphatic rings. The molecule has 0 amide bonds. The molecule has 2 aromatic carbocycles. The predicted octanol–water partition coefficient (Wildman–Crippen LogP) is 7.48. The molecule has 0 N–H and O–H groups in total. The second-order valence-corrected chi connectivity index (χ2v) is 11.2. The maximum absolute atomic E-state index is 10.9. The van der Waals surface area contributed by atoms with Crippen LogP contribution >= 0.6 is 47.0 Å². The average Bonchev–Trinajstić information content (AvgIpc) is 3.31. The highest BCUT2D eigenvalue weighted by Crippen LogP contribution is 2.63. The molecule has 0 atom stereocenters. The van der Waals surface area contributed by atoms with Gasteiger partial charge in [0.1, 0.15) is 12.6 Å². The topological polar surface area (TPSA) is 34.1 Å². The molecule has 2 nitrogen and oxygen atoms in total. The van der Waals surface area contributed by atoms with Crippen molar-refractivity contribution in [2.24, 2.45) is 0 Å². The van der Waals surface area contributed by atoms with E-state index in [1.54, 1.807) is 0 Å². The smallest absolute Gasteiger partial charge is 0.150 e. The Labute approximate surface area is 181 Å². The maximum atomic E-state index is 10.9. The second kappa shape index (κ2) is 8.41. The van der Waals surface area contributed by atoms with E-state index in [1.165, 1.54) is 28.1 Å². The molecule has 140 valence electrons. The first kappa shape index (κ1) is 19.7. The van der Waals surface area contributed by atoms with Crippen LogP contribution in [0.2, 0.25) is 0 Å². The third-order valence-electron chi connectivity index (χ3n) is 4.31. The van der Waals surface area contributed by atoms with Crippen LogP contribution in [0.5, 0.6) is 0 Å². The molecule has 0 aromatic heterocycles. The van der Waals surface area contributed by atoms with E-state index >= 15 is 0 Å². The van der Waals surface area contributed by atoms with E-state index in [0.29, 0.717) is 11.1 Å². The highest BCUT2D eigenvalue weighted by Gasteiger charge is 2.28. The first-order chi connectivity index (χ1) is 13.6. The van der Waals surface area contributed by atoms with Crippen molar-refractivity contribution in [3.05, 3.63) is 89.1 Å². The second-order valence-electron chi connectivity index (χ2n) is 6.23. The van der Waals surface area contributed by atoms with Gasteiger partial charge in [0.05, 0.1) is 8.47 Å². The quantitative estimate of drug-likeness (QED) is 0.459. The van der Waals surface area contributed by atoms with Crippen molar-refractivity contribution in [3.63, 3.8) is 0 Å². The van der Waals surface area contributed by atoms with Crippen LogP contribution in [0.1, 0.15) is 45.7 Å². The molecule has 28 heavy (non-hydrogen) atoms. The highest BCUT2D eigenvalue weighted by atomic mass is 32.2. The fourth-order valence-electron chi connectivity index (χ4n) is 2.86. The highest BCUT2D eigenvalue weighted by molar-refractivity contribution is 8.37. The Morgan fingerprint density at radius 1 is 0.571 bits per heavy atom. The normalized spacial score (nSPS) is 19.5. The molecule has 0 saturated heterocycles. The lowest BCUT2D eigenvalue weighted by Crippen LogP contribution is -1.83. The molecule has 6 heteroatoms. The number of carbonyl (C=O) groups is 2. The summed E-state index contributed by atoms with van der Waals surface area (Å²) >= 11 is 7.25. The minimum absolute atomic E-state index is 0.697. The van der Waals surface area contributed by atoms with Crippen molar-refractivity contribution >= 4 is 69.4 Å². The number of carbonyl (C=O) groups excluding carboxylic acids is 2. The molecule has 0 radical (unpaired) electrons. The number of rotatable bonds is 4. The van der Waals surface area contributed by atoms with E-state index in [2.05, 4.69) is 13.8 Å². The van der Waals surface area contributed by atoms with Crippen molar-refractivity contribution < 1.29 is 9.59 Å². The molecule has 4 rings (SSSR count). The summed E-state index contributed by atoms with van der Waals surface area (Å²) in [6, 6.07) is 15.5. The molecule has 2 aromatic rings. The van der Waals surface area contributed by atoms with Gasteiger partial charge in [-0.25, -0.2) is 0 Å². The Hall–Kier alpha value is -1.60. The molecular formula is C22H16O2S4. The molecule has 0 bridgehead atoms. The third kappa shape index (κ3) is 3.92.